The van der Waals surface area contributed by atoms with Crippen molar-refractivity contribution in [3.63, 3.8) is 0 Å². The number of rotatable bonds is 3. The Bertz CT molecular complexity index is 220. The van der Waals surface area contributed by atoms with Crippen molar-refractivity contribution in [2.24, 2.45) is 5.73 Å². The monoisotopic (exact) mass is 155 g/mol. The summed E-state index contributed by atoms with van der Waals surface area (Å²) in [6.45, 7) is 2.32. The lowest BCUT2D eigenvalue weighted by molar-refractivity contribution is 0.168. The minimum absolute atomic E-state index is 0.473. The van der Waals surface area contributed by atoms with Crippen LogP contribution in [0.2, 0.25) is 0 Å². The molecule has 1 aromatic rings. The van der Waals surface area contributed by atoms with Gasteiger partial charge < -0.3 is 15.3 Å². The molecular formula is C8H13NO2. The summed E-state index contributed by atoms with van der Waals surface area (Å²) in [4.78, 5) is 0. The van der Waals surface area contributed by atoms with Crippen molar-refractivity contribution in [2.75, 3.05) is 6.54 Å². The van der Waals surface area contributed by atoms with E-state index in [-0.39, 0.29) is 0 Å². The van der Waals surface area contributed by atoms with E-state index in [1.165, 1.54) is 0 Å². The van der Waals surface area contributed by atoms with E-state index in [2.05, 4.69) is 0 Å². The first-order valence-corrected chi connectivity index (χ1v) is 3.68. The molecule has 1 rings (SSSR count). The smallest absolute Gasteiger partial charge is 0.106 e. The SMILES string of the molecule is Cc1occc1[C@H](O)CCN. The van der Waals surface area contributed by atoms with Gasteiger partial charge in [-0.2, -0.15) is 0 Å². The molecule has 0 aliphatic heterocycles. The molecule has 0 saturated carbocycles. The molecule has 0 spiro atoms. The Morgan fingerprint density at radius 1 is 1.73 bits per heavy atom. The molecule has 0 amide bonds. The Hall–Kier alpha value is -0.800. The molecule has 0 aliphatic rings. The zero-order valence-corrected chi connectivity index (χ0v) is 6.58. The van der Waals surface area contributed by atoms with Crippen LogP contribution in [0.25, 0.3) is 0 Å². The molecule has 0 fully saturated rings. The third kappa shape index (κ3) is 1.82. The Labute approximate surface area is 65.8 Å². The minimum atomic E-state index is -0.473. The highest BCUT2D eigenvalue weighted by atomic mass is 16.3. The fourth-order valence-corrected chi connectivity index (χ4v) is 1.05. The van der Waals surface area contributed by atoms with Crippen molar-refractivity contribution in [1.29, 1.82) is 0 Å². The quantitative estimate of drug-likeness (QED) is 0.683. The maximum atomic E-state index is 9.45. The Morgan fingerprint density at radius 2 is 2.45 bits per heavy atom. The van der Waals surface area contributed by atoms with E-state index in [4.69, 9.17) is 10.2 Å². The van der Waals surface area contributed by atoms with E-state index < -0.39 is 6.10 Å². The number of hydrogen-bond acceptors (Lipinski definition) is 3. The maximum Gasteiger partial charge on any atom is 0.106 e. The van der Waals surface area contributed by atoms with Crippen LogP contribution in [0.3, 0.4) is 0 Å². The van der Waals surface area contributed by atoms with Crippen LogP contribution < -0.4 is 5.73 Å². The zero-order chi connectivity index (χ0) is 8.27. The minimum Gasteiger partial charge on any atom is -0.469 e. The standard InChI is InChI=1S/C8H13NO2/c1-6-7(3-5-11-6)8(10)2-4-9/h3,5,8,10H,2,4,9H2,1H3/t8-/m1/s1. The highest BCUT2D eigenvalue weighted by Crippen LogP contribution is 2.20. The lowest BCUT2D eigenvalue weighted by Gasteiger charge is -2.06. The summed E-state index contributed by atoms with van der Waals surface area (Å²) in [5, 5.41) is 9.45. The van der Waals surface area contributed by atoms with Gasteiger partial charge in [0.15, 0.2) is 0 Å². The molecule has 11 heavy (non-hydrogen) atoms. The van der Waals surface area contributed by atoms with Crippen LogP contribution in [0.4, 0.5) is 0 Å². The van der Waals surface area contributed by atoms with Crippen molar-refractivity contribution in [3.8, 4) is 0 Å². The van der Waals surface area contributed by atoms with Gasteiger partial charge in [0.25, 0.3) is 0 Å². The van der Waals surface area contributed by atoms with Gasteiger partial charge in [-0.3, -0.25) is 0 Å². The highest BCUT2D eigenvalue weighted by molar-refractivity contribution is 5.18. The first-order chi connectivity index (χ1) is 5.25. The maximum absolute atomic E-state index is 9.45. The van der Waals surface area contributed by atoms with Gasteiger partial charge in [-0.05, 0) is 26.0 Å². The largest absolute Gasteiger partial charge is 0.469 e. The third-order valence-corrected chi connectivity index (χ3v) is 1.70. The van der Waals surface area contributed by atoms with Crippen molar-refractivity contribution in [2.45, 2.75) is 19.4 Å². The topological polar surface area (TPSA) is 59.4 Å². The predicted molar refractivity (Wildman–Crippen MR) is 42.1 cm³/mol. The fourth-order valence-electron chi connectivity index (χ4n) is 1.05. The number of aryl methyl sites for hydroxylation is 1. The lowest BCUT2D eigenvalue weighted by Crippen LogP contribution is -2.06. The first-order valence-electron chi connectivity index (χ1n) is 3.68. The van der Waals surface area contributed by atoms with E-state index in [0.717, 1.165) is 11.3 Å². The summed E-state index contributed by atoms with van der Waals surface area (Å²) < 4.78 is 5.03. The van der Waals surface area contributed by atoms with Gasteiger partial charge in [-0.25, -0.2) is 0 Å². The molecule has 0 aliphatic carbocycles. The second-order valence-electron chi connectivity index (χ2n) is 2.53. The van der Waals surface area contributed by atoms with Crippen LogP contribution in [-0.4, -0.2) is 11.7 Å². The summed E-state index contributed by atoms with van der Waals surface area (Å²) in [5.74, 6) is 0.769. The predicted octanol–water partition coefficient (Wildman–Crippen LogP) is 0.970. The molecule has 0 radical (unpaired) electrons. The van der Waals surface area contributed by atoms with E-state index in [0.29, 0.717) is 13.0 Å². The third-order valence-electron chi connectivity index (χ3n) is 1.70. The van der Waals surface area contributed by atoms with E-state index in [9.17, 15) is 5.11 Å². The van der Waals surface area contributed by atoms with Crippen molar-refractivity contribution in [3.05, 3.63) is 23.7 Å². The Balaban J connectivity index is 2.67. The van der Waals surface area contributed by atoms with Gasteiger partial charge in [0.2, 0.25) is 0 Å². The number of aliphatic hydroxyl groups is 1. The highest BCUT2D eigenvalue weighted by Gasteiger charge is 2.10. The molecule has 1 aromatic heterocycles. The van der Waals surface area contributed by atoms with Crippen LogP contribution in [0.1, 0.15) is 23.8 Å². The zero-order valence-electron chi connectivity index (χ0n) is 6.58. The fraction of sp³-hybridized carbons (Fsp3) is 0.500. The number of furan rings is 1. The molecule has 1 heterocycles. The van der Waals surface area contributed by atoms with E-state index >= 15 is 0 Å². The van der Waals surface area contributed by atoms with Crippen LogP contribution in [0.15, 0.2) is 16.7 Å². The van der Waals surface area contributed by atoms with Crippen LogP contribution in [-0.2, 0) is 0 Å². The molecule has 3 N–H and O–H groups in total. The van der Waals surface area contributed by atoms with Gasteiger partial charge in [-0.1, -0.05) is 0 Å². The molecule has 62 valence electrons. The summed E-state index contributed by atoms with van der Waals surface area (Å²) in [6, 6.07) is 1.77. The molecule has 0 bridgehead atoms. The van der Waals surface area contributed by atoms with Gasteiger partial charge >= 0.3 is 0 Å². The summed E-state index contributed by atoms with van der Waals surface area (Å²) in [6.07, 6.45) is 1.68. The Kier molecular flexibility index (Phi) is 2.68. The molecule has 3 heteroatoms. The average molecular weight is 155 g/mol. The van der Waals surface area contributed by atoms with Crippen molar-refractivity contribution in [1.82, 2.24) is 0 Å². The number of aliphatic hydroxyl groups excluding tert-OH is 1. The molecular weight excluding hydrogens is 142 g/mol. The van der Waals surface area contributed by atoms with Crippen molar-refractivity contribution >= 4 is 0 Å². The lowest BCUT2D eigenvalue weighted by atomic mass is 10.1. The average Bonchev–Trinajstić information content (AvgIpc) is 2.36. The van der Waals surface area contributed by atoms with Gasteiger partial charge in [0, 0.05) is 5.56 Å². The summed E-state index contributed by atoms with van der Waals surface area (Å²) in [7, 11) is 0. The van der Waals surface area contributed by atoms with Crippen LogP contribution in [0, 0.1) is 6.92 Å². The normalized spacial score (nSPS) is 13.4. The summed E-state index contributed by atoms with van der Waals surface area (Å²) >= 11 is 0. The summed E-state index contributed by atoms with van der Waals surface area (Å²) in [5.41, 5.74) is 6.14. The molecule has 3 nitrogen and oxygen atoms in total. The van der Waals surface area contributed by atoms with E-state index in [1.54, 1.807) is 12.3 Å². The molecule has 0 aromatic carbocycles. The van der Waals surface area contributed by atoms with Gasteiger partial charge in [0.1, 0.15) is 5.76 Å². The molecule has 1 atom stereocenters. The van der Waals surface area contributed by atoms with Crippen LogP contribution >= 0.6 is 0 Å². The molecule has 0 unspecified atom stereocenters. The van der Waals surface area contributed by atoms with E-state index in [1.807, 2.05) is 6.92 Å². The first kappa shape index (κ1) is 8.30. The van der Waals surface area contributed by atoms with Crippen molar-refractivity contribution < 1.29 is 9.52 Å². The number of hydrogen-bond donors (Lipinski definition) is 2. The molecule has 0 saturated heterocycles. The second-order valence-corrected chi connectivity index (χ2v) is 2.53. The van der Waals surface area contributed by atoms with Gasteiger partial charge in [0.05, 0.1) is 12.4 Å². The van der Waals surface area contributed by atoms with Crippen LogP contribution in [0.5, 0.6) is 0 Å². The number of nitrogens with two attached hydrogens (primary N) is 1. The van der Waals surface area contributed by atoms with Gasteiger partial charge in [-0.15, -0.1) is 0 Å². The second kappa shape index (κ2) is 3.55. The Morgan fingerprint density at radius 3 is 2.91 bits per heavy atom.